The van der Waals surface area contributed by atoms with Crippen LogP contribution < -0.4 is 5.32 Å². The van der Waals surface area contributed by atoms with Crippen LogP contribution in [0.2, 0.25) is 0 Å². The molecule has 104 valence electrons. The zero-order valence-corrected chi connectivity index (χ0v) is 12.5. The minimum absolute atomic E-state index is 0.0117. The quantitative estimate of drug-likeness (QED) is 0.903. The van der Waals surface area contributed by atoms with Crippen LogP contribution in [0.3, 0.4) is 0 Å². The van der Waals surface area contributed by atoms with E-state index < -0.39 is 0 Å². The molecule has 1 aliphatic heterocycles. The van der Waals surface area contributed by atoms with Crippen LogP contribution in [0.5, 0.6) is 0 Å². The van der Waals surface area contributed by atoms with Gasteiger partial charge in [-0.2, -0.15) is 0 Å². The number of anilines is 1. The molecule has 19 heavy (non-hydrogen) atoms. The summed E-state index contributed by atoms with van der Waals surface area (Å²) in [7, 11) is 1.64. The number of rotatable bonds is 5. The highest BCUT2D eigenvalue weighted by atomic mass is 79.9. The lowest BCUT2D eigenvalue weighted by molar-refractivity contribution is -0.118. The van der Waals surface area contributed by atoms with Gasteiger partial charge >= 0.3 is 0 Å². The van der Waals surface area contributed by atoms with Crippen molar-refractivity contribution in [3.63, 3.8) is 0 Å². The number of nitrogens with one attached hydrogen (secondary N) is 1. The molecule has 1 aromatic rings. The molecule has 1 heterocycles. The summed E-state index contributed by atoms with van der Waals surface area (Å²) in [5, 5.41) is 2.93. The molecule has 0 radical (unpaired) electrons. The lowest BCUT2D eigenvalue weighted by Gasteiger charge is -2.14. The first-order valence-electron chi connectivity index (χ1n) is 6.38. The van der Waals surface area contributed by atoms with Crippen molar-refractivity contribution in [1.82, 2.24) is 0 Å². The maximum Gasteiger partial charge on any atom is 0.226 e. The highest BCUT2D eigenvalue weighted by molar-refractivity contribution is 9.10. The molecular weight excluding hydrogens is 310 g/mol. The Morgan fingerprint density at radius 1 is 1.58 bits per heavy atom. The summed E-state index contributed by atoms with van der Waals surface area (Å²) in [6.45, 7) is 1.22. The van der Waals surface area contributed by atoms with Crippen LogP contribution in [0.15, 0.2) is 22.7 Å². The Bertz CT molecular complexity index is 444. The van der Waals surface area contributed by atoms with Gasteiger partial charge < -0.3 is 14.8 Å². The third-order valence-electron chi connectivity index (χ3n) is 3.12. The molecule has 5 heteroatoms. The van der Waals surface area contributed by atoms with Gasteiger partial charge in [0.25, 0.3) is 0 Å². The number of carbonyl (C=O) groups is 1. The predicted molar refractivity (Wildman–Crippen MR) is 77.1 cm³/mol. The molecule has 0 spiro atoms. The smallest absolute Gasteiger partial charge is 0.226 e. The summed E-state index contributed by atoms with van der Waals surface area (Å²) in [5.74, 6) is -0.0117. The number of carbonyl (C=O) groups excluding carboxylic acids is 1. The second-order valence-corrected chi connectivity index (χ2v) is 5.44. The molecule has 0 saturated carbocycles. The van der Waals surface area contributed by atoms with Gasteiger partial charge in [0, 0.05) is 29.4 Å². The Hall–Kier alpha value is -0.910. The predicted octanol–water partition coefficient (Wildman–Crippen LogP) is 3.10. The van der Waals surface area contributed by atoms with Crippen LogP contribution >= 0.6 is 15.9 Å². The van der Waals surface area contributed by atoms with Gasteiger partial charge in [-0.3, -0.25) is 4.79 Å². The zero-order valence-electron chi connectivity index (χ0n) is 10.9. The number of hydrogen-bond acceptors (Lipinski definition) is 3. The van der Waals surface area contributed by atoms with Crippen molar-refractivity contribution in [2.24, 2.45) is 0 Å². The van der Waals surface area contributed by atoms with E-state index in [0.717, 1.165) is 35.2 Å². The average Bonchev–Trinajstić information content (AvgIpc) is 2.86. The van der Waals surface area contributed by atoms with Crippen LogP contribution in [0.4, 0.5) is 5.69 Å². The van der Waals surface area contributed by atoms with E-state index in [1.54, 1.807) is 7.11 Å². The maximum atomic E-state index is 12.0. The Balaban J connectivity index is 2.01. The summed E-state index contributed by atoms with van der Waals surface area (Å²) in [6.07, 6.45) is 2.50. The second-order valence-electron chi connectivity index (χ2n) is 4.59. The highest BCUT2D eigenvalue weighted by Crippen LogP contribution is 2.26. The van der Waals surface area contributed by atoms with Crippen LogP contribution in [-0.2, 0) is 20.9 Å². The van der Waals surface area contributed by atoms with E-state index in [2.05, 4.69) is 21.2 Å². The standard InChI is InChI=1S/C14H18BrNO3/c1-18-9-11-12(15)5-2-6-13(11)16-14(17)8-10-4-3-7-19-10/h2,5-6,10H,3-4,7-9H2,1H3,(H,16,17)/t10-/m0/s1. The third-order valence-corrected chi connectivity index (χ3v) is 3.86. The van der Waals surface area contributed by atoms with Gasteiger partial charge in [-0.15, -0.1) is 0 Å². The Labute approximate surface area is 121 Å². The zero-order chi connectivity index (χ0) is 13.7. The average molecular weight is 328 g/mol. The monoisotopic (exact) mass is 327 g/mol. The van der Waals surface area contributed by atoms with Gasteiger partial charge in [0.05, 0.1) is 19.1 Å². The summed E-state index contributed by atoms with van der Waals surface area (Å²) in [4.78, 5) is 12.0. The van der Waals surface area contributed by atoms with E-state index in [9.17, 15) is 4.79 Å². The molecular formula is C14H18BrNO3. The maximum absolute atomic E-state index is 12.0. The number of halogens is 1. The lowest BCUT2D eigenvalue weighted by atomic mass is 10.1. The van der Waals surface area contributed by atoms with E-state index >= 15 is 0 Å². The number of hydrogen-bond donors (Lipinski definition) is 1. The van der Waals surface area contributed by atoms with Gasteiger partial charge in [-0.1, -0.05) is 22.0 Å². The first kappa shape index (κ1) is 14.5. The van der Waals surface area contributed by atoms with Crippen molar-refractivity contribution >= 4 is 27.5 Å². The molecule has 0 aromatic heterocycles. The van der Waals surface area contributed by atoms with Crippen LogP contribution in [0.1, 0.15) is 24.8 Å². The first-order chi connectivity index (χ1) is 9.20. The fourth-order valence-corrected chi connectivity index (χ4v) is 2.66. The lowest BCUT2D eigenvalue weighted by Crippen LogP contribution is -2.20. The molecule has 4 nitrogen and oxygen atoms in total. The molecule has 2 rings (SSSR count). The van der Waals surface area contributed by atoms with Crippen LogP contribution in [-0.4, -0.2) is 25.7 Å². The topological polar surface area (TPSA) is 47.6 Å². The van der Waals surface area contributed by atoms with Crippen molar-refractivity contribution in [2.45, 2.75) is 32.0 Å². The third kappa shape index (κ3) is 4.03. The number of methoxy groups -OCH3 is 1. The Morgan fingerprint density at radius 2 is 2.42 bits per heavy atom. The van der Waals surface area contributed by atoms with Gasteiger partial charge in [0.1, 0.15) is 0 Å². The first-order valence-corrected chi connectivity index (χ1v) is 7.18. The fourth-order valence-electron chi connectivity index (χ4n) is 2.18. The molecule has 0 aliphatic carbocycles. The van der Waals surface area contributed by atoms with E-state index in [1.165, 1.54) is 0 Å². The van der Waals surface area contributed by atoms with Crippen LogP contribution in [0, 0.1) is 0 Å². The Morgan fingerprint density at radius 3 is 3.11 bits per heavy atom. The van der Waals surface area contributed by atoms with Crippen molar-refractivity contribution in [2.75, 3.05) is 19.0 Å². The van der Waals surface area contributed by atoms with E-state index in [-0.39, 0.29) is 12.0 Å². The van der Waals surface area contributed by atoms with E-state index in [1.807, 2.05) is 18.2 Å². The molecule has 1 aromatic carbocycles. The minimum Gasteiger partial charge on any atom is -0.380 e. The molecule has 1 aliphatic rings. The van der Waals surface area contributed by atoms with Crippen molar-refractivity contribution in [3.8, 4) is 0 Å². The summed E-state index contributed by atoms with van der Waals surface area (Å²) in [5.41, 5.74) is 1.74. The van der Waals surface area contributed by atoms with Crippen molar-refractivity contribution in [1.29, 1.82) is 0 Å². The van der Waals surface area contributed by atoms with Gasteiger partial charge in [-0.05, 0) is 25.0 Å². The molecule has 1 atom stereocenters. The van der Waals surface area contributed by atoms with Crippen molar-refractivity contribution in [3.05, 3.63) is 28.2 Å². The summed E-state index contributed by atoms with van der Waals surface area (Å²) < 4.78 is 11.6. The summed E-state index contributed by atoms with van der Waals surface area (Å²) in [6, 6.07) is 5.71. The second kappa shape index (κ2) is 7.03. The van der Waals surface area contributed by atoms with E-state index in [0.29, 0.717) is 13.0 Å². The normalized spacial score (nSPS) is 18.5. The SMILES string of the molecule is COCc1c(Br)cccc1NC(=O)C[C@@H]1CCCO1. The van der Waals surface area contributed by atoms with E-state index in [4.69, 9.17) is 9.47 Å². The largest absolute Gasteiger partial charge is 0.380 e. The molecule has 1 amide bonds. The molecule has 0 unspecified atom stereocenters. The minimum atomic E-state index is -0.0117. The van der Waals surface area contributed by atoms with Gasteiger partial charge in [0.2, 0.25) is 5.91 Å². The van der Waals surface area contributed by atoms with Gasteiger partial charge in [-0.25, -0.2) is 0 Å². The summed E-state index contributed by atoms with van der Waals surface area (Å²) >= 11 is 3.47. The molecule has 1 saturated heterocycles. The van der Waals surface area contributed by atoms with Crippen LogP contribution in [0.25, 0.3) is 0 Å². The molecule has 1 fully saturated rings. The Kier molecular flexibility index (Phi) is 5.36. The molecule has 1 N–H and O–H groups in total. The fraction of sp³-hybridized carbons (Fsp3) is 0.500. The number of ether oxygens (including phenoxy) is 2. The molecule has 0 bridgehead atoms. The number of benzene rings is 1. The number of amides is 1. The highest BCUT2D eigenvalue weighted by Gasteiger charge is 2.19. The van der Waals surface area contributed by atoms with Crippen molar-refractivity contribution < 1.29 is 14.3 Å². The van der Waals surface area contributed by atoms with Gasteiger partial charge in [0.15, 0.2) is 0 Å².